The van der Waals surface area contributed by atoms with Gasteiger partial charge in [-0.25, -0.2) is 4.68 Å². The lowest BCUT2D eigenvalue weighted by Crippen LogP contribution is -2.21. The maximum Gasteiger partial charge on any atom is 0.267 e. The molecule has 0 atom stereocenters. The predicted octanol–water partition coefficient (Wildman–Crippen LogP) is 1.72. The van der Waals surface area contributed by atoms with Gasteiger partial charge >= 0.3 is 0 Å². The van der Waals surface area contributed by atoms with Crippen molar-refractivity contribution in [2.24, 2.45) is 0 Å². The zero-order valence-corrected chi connectivity index (χ0v) is 10.1. The van der Waals surface area contributed by atoms with E-state index in [9.17, 15) is 4.79 Å². The van der Waals surface area contributed by atoms with Crippen molar-refractivity contribution in [1.29, 1.82) is 0 Å². The molecule has 2 rings (SSSR count). The first-order chi connectivity index (χ1) is 8.81. The molecule has 4 nitrogen and oxygen atoms in total. The molecule has 0 spiro atoms. The molecule has 0 aliphatic heterocycles. The molecule has 0 aromatic carbocycles. The third kappa shape index (κ3) is 2.83. The van der Waals surface area contributed by atoms with Crippen LogP contribution in [-0.4, -0.2) is 14.8 Å². The minimum Gasteiger partial charge on any atom is -0.268 e. The highest BCUT2D eigenvalue weighted by Crippen LogP contribution is 2.10. The molecule has 0 aliphatic rings. The molecular weight excluding hydrogens is 226 g/mol. The normalized spacial score (nSPS) is 9.61. The number of hydrogen-bond donors (Lipinski definition) is 0. The van der Waals surface area contributed by atoms with Gasteiger partial charge in [0.25, 0.3) is 5.56 Å². The third-order valence-corrected chi connectivity index (χ3v) is 2.32. The smallest absolute Gasteiger partial charge is 0.267 e. The Labute approximate surface area is 105 Å². The van der Waals surface area contributed by atoms with Crippen molar-refractivity contribution in [2.45, 2.75) is 19.9 Å². The first-order valence-corrected chi connectivity index (χ1v) is 5.76. The van der Waals surface area contributed by atoms with Crippen LogP contribution >= 0.6 is 0 Å². The zero-order valence-electron chi connectivity index (χ0n) is 10.1. The fourth-order valence-electron chi connectivity index (χ4n) is 1.47. The largest absolute Gasteiger partial charge is 0.268 e. The quantitative estimate of drug-likeness (QED) is 0.750. The van der Waals surface area contributed by atoms with Crippen molar-refractivity contribution >= 4 is 0 Å². The van der Waals surface area contributed by atoms with E-state index in [4.69, 9.17) is 0 Å². The van der Waals surface area contributed by atoms with E-state index in [1.165, 1.54) is 10.7 Å². The summed E-state index contributed by atoms with van der Waals surface area (Å²) in [4.78, 5) is 15.8. The summed E-state index contributed by atoms with van der Waals surface area (Å²) in [5.41, 5.74) is 1.27. The van der Waals surface area contributed by atoms with Crippen LogP contribution in [0.1, 0.15) is 13.3 Å². The van der Waals surface area contributed by atoms with Gasteiger partial charge in [0.15, 0.2) is 0 Å². The molecule has 0 amide bonds. The van der Waals surface area contributed by atoms with Crippen molar-refractivity contribution < 1.29 is 0 Å². The van der Waals surface area contributed by atoms with Crippen LogP contribution in [0.2, 0.25) is 0 Å². The Balaban J connectivity index is 2.35. The van der Waals surface area contributed by atoms with E-state index in [0.717, 1.165) is 12.1 Å². The third-order valence-electron chi connectivity index (χ3n) is 2.32. The fourth-order valence-corrected chi connectivity index (χ4v) is 1.47. The van der Waals surface area contributed by atoms with Crippen LogP contribution in [-0.2, 0) is 6.54 Å². The van der Waals surface area contributed by atoms with E-state index in [2.05, 4.69) is 21.9 Å². The van der Waals surface area contributed by atoms with Gasteiger partial charge < -0.3 is 0 Å². The van der Waals surface area contributed by atoms with Crippen LogP contribution in [0.5, 0.6) is 0 Å². The second-order valence-electron chi connectivity index (χ2n) is 3.64. The van der Waals surface area contributed by atoms with Crippen molar-refractivity contribution in [3.05, 3.63) is 46.9 Å². The van der Waals surface area contributed by atoms with Crippen LogP contribution < -0.4 is 5.56 Å². The van der Waals surface area contributed by atoms with E-state index in [1.807, 2.05) is 25.1 Å². The van der Waals surface area contributed by atoms with Crippen molar-refractivity contribution in [3.8, 4) is 23.2 Å². The Morgan fingerprint density at radius 3 is 2.78 bits per heavy atom. The number of nitrogens with zero attached hydrogens (tertiary/aromatic N) is 3. The molecule has 0 unspecified atom stereocenters. The van der Waals surface area contributed by atoms with Crippen molar-refractivity contribution in [3.63, 3.8) is 0 Å². The Hall–Kier alpha value is -2.41. The zero-order chi connectivity index (χ0) is 12.8. The molecule has 0 radical (unpaired) electrons. The lowest BCUT2D eigenvalue weighted by Gasteiger charge is -2.03. The van der Waals surface area contributed by atoms with Crippen LogP contribution in [0.15, 0.2) is 41.3 Å². The molecular formula is C14H13N3O. The highest BCUT2D eigenvalue weighted by molar-refractivity contribution is 5.52. The predicted molar refractivity (Wildman–Crippen MR) is 69.8 cm³/mol. The maximum atomic E-state index is 11.6. The highest BCUT2D eigenvalue weighted by Gasteiger charge is 2.02. The Morgan fingerprint density at radius 2 is 2.06 bits per heavy atom. The molecule has 0 aliphatic carbocycles. The van der Waals surface area contributed by atoms with Crippen LogP contribution in [0, 0.1) is 11.8 Å². The summed E-state index contributed by atoms with van der Waals surface area (Å²) < 4.78 is 1.35. The summed E-state index contributed by atoms with van der Waals surface area (Å²) in [5.74, 6) is 5.82. The van der Waals surface area contributed by atoms with Crippen LogP contribution in [0.4, 0.5) is 0 Å². The second-order valence-corrected chi connectivity index (χ2v) is 3.64. The highest BCUT2D eigenvalue weighted by atomic mass is 16.1. The van der Waals surface area contributed by atoms with Gasteiger partial charge in [-0.1, -0.05) is 18.9 Å². The lowest BCUT2D eigenvalue weighted by molar-refractivity contribution is 0.665. The average molecular weight is 239 g/mol. The molecule has 0 bridgehead atoms. The lowest BCUT2D eigenvalue weighted by atomic mass is 10.2. The van der Waals surface area contributed by atoms with E-state index in [0.29, 0.717) is 12.2 Å². The molecule has 18 heavy (non-hydrogen) atoms. The molecule has 0 N–H and O–H groups in total. The van der Waals surface area contributed by atoms with Gasteiger partial charge in [-0.05, 0) is 18.2 Å². The van der Waals surface area contributed by atoms with Gasteiger partial charge in [-0.3, -0.25) is 9.78 Å². The van der Waals surface area contributed by atoms with Gasteiger partial charge in [0.1, 0.15) is 12.2 Å². The van der Waals surface area contributed by atoms with Crippen molar-refractivity contribution in [2.75, 3.05) is 0 Å². The van der Waals surface area contributed by atoms with E-state index < -0.39 is 0 Å². The first kappa shape index (κ1) is 12.1. The first-order valence-electron chi connectivity index (χ1n) is 5.76. The van der Waals surface area contributed by atoms with E-state index in [1.54, 1.807) is 12.3 Å². The number of hydrogen-bond acceptors (Lipinski definition) is 3. The van der Waals surface area contributed by atoms with Crippen LogP contribution in [0.3, 0.4) is 0 Å². The number of rotatable bonds is 2. The average Bonchev–Trinajstić information content (AvgIpc) is 2.42. The summed E-state index contributed by atoms with van der Waals surface area (Å²) in [6.45, 7) is 2.28. The summed E-state index contributed by atoms with van der Waals surface area (Å²) in [6, 6.07) is 8.75. The summed E-state index contributed by atoms with van der Waals surface area (Å²) >= 11 is 0. The molecule has 0 fully saturated rings. The molecule has 2 aromatic rings. The fraction of sp³-hybridized carbons (Fsp3) is 0.214. The maximum absolute atomic E-state index is 11.6. The second kappa shape index (κ2) is 5.78. The molecule has 4 heteroatoms. The Bertz CT molecular complexity index is 635. The number of pyridine rings is 1. The van der Waals surface area contributed by atoms with E-state index >= 15 is 0 Å². The Morgan fingerprint density at radius 1 is 1.17 bits per heavy atom. The van der Waals surface area contributed by atoms with Gasteiger partial charge in [0.2, 0.25) is 0 Å². The summed E-state index contributed by atoms with van der Waals surface area (Å²) in [7, 11) is 0. The molecule has 0 saturated heterocycles. The SMILES string of the molecule is CCC#CCn1nc(-c2ccccn2)ccc1=O. The van der Waals surface area contributed by atoms with Gasteiger partial charge in [-0.2, -0.15) is 5.10 Å². The number of aromatic nitrogens is 3. The minimum atomic E-state index is -0.153. The van der Waals surface area contributed by atoms with Gasteiger partial charge in [0, 0.05) is 18.7 Å². The summed E-state index contributed by atoms with van der Waals surface area (Å²) in [6.07, 6.45) is 2.47. The minimum absolute atomic E-state index is 0.153. The van der Waals surface area contributed by atoms with Gasteiger partial charge in [-0.15, -0.1) is 5.92 Å². The van der Waals surface area contributed by atoms with Gasteiger partial charge in [0.05, 0.1) is 5.69 Å². The van der Waals surface area contributed by atoms with Crippen LogP contribution in [0.25, 0.3) is 11.4 Å². The van der Waals surface area contributed by atoms with E-state index in [-0.39, 0.29) is 5.56 Å². The topological polar surface area (TPSA) is 47.8 Å². The molecule has 2 heterocycles. The molecule has 90 valence electrons. The standard InChI is InChI=1S/C14H13N3O/c1-2-3-6-11-17-14(18)9-8-13(16-17)12-7-4-5-10-15-12/h4-5,7-10H,2,11H2,1H3. The molecule has 2 aromatic heterocycles. The van der Waals surface area contributed by atoms with Crippen molar-refractivity contribution in [1.82, 2.24) is 14.8 Å². The summed E-state index contributed by atoms with van der Waals surface area (Å²) in [5, 5.41) is 4.25. The Kier molecular flexibility index (Phi) is 3.87. The molecule has 0 saturated carbocycles. The monoisotopic (exact) mass is 239 g/mol.